The van der Waals surface area contributed by atoms with Gasteiger partial charge in [-0.05, 0) is 5.56 Å². The molecule has 66 valence electrons. The van der Waals surface area contributed by atoms with E-state index in [1.807, 2.05) is 24.3 Å². The fraction of sp³-hybridized carbons (Fsp3) is 0.250. The highest BCUT2D eigenvalue weighted by Crippen LogP contribution is 2.25. The van der Waals surface area contributed by atoms with Gasteiger partial charge in [0.15, 0.2) is 0 Å². The van der Waals surface area contributed by atoms with Crippen molar-refractivity contribution in [2.75, 3.05) is 0 Å². The monoisotopic (exact) mass is 172 g/mol. The zero-order chi connectivity index (χ0) is 9.10. The zero-order valence-electron chi connectivity index (χ0n) is 7.44. The molecule has 1 aromatic carbocycles. The Morgan fingerprint density at radius 3 is 2.62 bits per heavy atom. The van der Waals surface area contributed by atoms with Crippen molar-refractivity contribution in [1.82, 2.24) is 0 Å². The molecule has 0 saturated heterocycles. The number of hydrogen-bond donors (Lipinski definition) is 0. The summed E-state index contributed by atoms with van der Waals surface area (Å²) in [6, 6.07) is 10.2. The SMILES string of the molecule is O=C1CC=CC(c2ccccc2)C1. The average Bonchev–Trinajstić information content (AvgIpc) is 2.19. The third kappa shape index (κ3) is 1.86. The van der Waals surface area contributed by atoms with Crippen LogP contribution >= 0.6 is 0 Å². The number of carbonyl (C=O) groups excluding carboxylic acids is 1. The van der Waals surface area contributed by atoms with Crippen LogP contribution < -0.4 is 0 Å². The van der Waals surface area contributed by atoms with Crippen molar-refractivity contribution in [1.29, 1.82) is 0 Å². The number of carbonyl (C=O) groups is 1. The first-order valence-electron chi connectivity index (χ1n) is 4.59. The van der Waals surface area contributed by atoms with E-state index < -0.39 is 0 Å². The quantitative estimate of drug-likeness (QED) is 0.595. The molecule has 0 heterocycles. The summed E-state index contributed by atoms with van der Waals surface area (Å²) in [5, 5.41) is 0. The Hall–Kier alpha value is -1.37. The van der Waals surface area contributed by atoms with Crippen molar-refractivity contribution in [3.05, 3.63) is 48.0 Å². The predicted molar refractivity (Wildman–Crippen MR) is 52.6 cm³/mol. The van der Waals surface area contributed by atoms with Crippen molar-refractivity contribution < 1.29 is 4.79 Å². The number of benzene rings is 1. The van der Waals surface area contributed by atoms with Crippen LogP contribution in [0.3, 0.4) is 0 Å². The highest BCUT2D eigenvalue weighted by atomic mass is 16.1. The minimum Gasteiger partial charge on any atom is -0.299 e. The van der Waals surface area contributed by atoms with Crippen LogP contribution in [0.1, 0.15) is 24.3 Å². The molecule has 1 aliphatic carbocycles. The maximum absolute atomic E-state index is 11.2. The van der Waals surface area contributed by atoms with Gasteiger partial charge in [-0.25, -0.2) is 0 Å². The molecule has 0 fully saturated rings. The molecule has 0 N–H and O–H groups in total. The van der Waals surface area contributed by atoms with Gasteiger partial charge in [0.1, 0.15) is 5.78 Å². The van der Waals surface area contributed by atoms with Crippen LogP contribution in [0.5, 0.6) is 0 Å². The molecule has 0 bridgehead atoms. The third-order valence-electron chi connectivity index (χ3n) is 2.39. The van der Waals surface area contributed by atoms with E-state index in [0.717, 1.165) is 0 Å². The number of ketones is 1. The number of rotatable bonds is 1. The Morgan fingerprint density at radius 1 is 1.15 bits per heavy atom. The maximum Gasteiger partial charge on any atom is 0.137 e. The van der Waals surface area contributed by atoms with Crippen molar-refractivity contribution in [2.24, 2.45) is 0 Å². The average molecular weight is 172 g/mol. The Bertz CT molecular complexity index is 324. The summed E-state index contributed by atoms with van der Waals surface area (Å²) in [5.41, 5.74) is 1.24. The summed E-state index contributed by atoms with van der Waals surface area (Å²) in [4.78, 5) is 11.2. The smallest absolute Gasteiger partial charge is 0.137 e. The summed E-state index contributed by atoms with van der Waals surface area (Å²) in [6.07, 6.45) is 5.39. The fourth-order valence-corrected chi connectivity index (χ4v) is 1.69. The molecule has 2 rings (SSSR count). The highest BCUT2D eigenvalue weighted by Gasteiger charge is 2.15. The molecule has 1 atom stereocenters. The van der Waals surface area contributed by atoms with Gasteiger partial charge in [0.25, 0.3) is 0 Å². The van der Waals surface area contributed by atoms with Crippen molar-refractivity contribution in [3.63, 3.8) is 0 Å². The first-order chi connectivity index (χ1) is 6.36. The van der Waals surface area contributed by atoms with Gasteiger partial charge in [0.2, 0.25) is 0 Å². The molecule has 0 spiro atoms. The molecule has 0 saturated carbocycles. The highest BCUT2D eigenvalue weighted by molar-refractivity contribution is 5.82. The van der Waals surface area contributed by atoms with E-state index in [4.69, 9.17) is 0 Å². The van der Waals surface area contributed by atoms with Gasteiger partial charge in [-0.3, -0.25) is 4.79 Å². The van der Waals surface area contributed by atoms with Crippen molar-refractivity contribution >= 4 is 5.78 Å². The second kappa shape index (κ2) is 3.56. The number of hydrogen-bond acceptors (Lipinski definition) is 1. The summed E-state index contributed by atoms with van der Waals surface area (Å²) < 4.78 is 0. The van der Waals surface area contributed by atoms with Crippen LogP contribution in [0, 0.1) is 0 Å². The van der Waals surface area contributed by atoms with E-state index in [1.54, 1.807) is 0 Å². The molecule has 1 aliphatic rings. The van der Waals surface area contributed by atoms with Crippen LogP contribution in [0.4, 0.5) is 0 Å². The molecule has 1 unspecified atom stereocenters. The Morgan fingerprint density at radius 2 is 1.92 bits per heavy atom. The van der Waals surface area contributed by atoms with E-state index in [2.05, 4.69) is 18.2 Å². The van der Waals surface area contributed by atoms with Crippen LogP contribution in [0.2, 0.25) is 0 Å². The Labute approximate surface area is 78.1 Å². The minimum atomic E-state index is 0.308. The van der Waals surface area contributed by atoms with E-state index in [9.17, 15) is 4.79 Å². The predicted octanol–water partition coefficient (Wildman–Crippen LogP) is 2.69. The standard InChI is InChI=1S/C12H12O/c13-12-8-4-7-11(9-12)10-5-2-1-3-6-10/h1-7,11H,8-9H2. The van der Waals surface area contributed by atoms with Gasteiger partial charge in [-0.15, -0.1) is 0 Å². The van der Waals surface area contributed by atoms with Crippen molar-refractivity contribution in [2.45, 2.75) is 18.8 Å². The molecule has 0 aromatic heterocycles. The lowest BCUT2D eigenvalue weighted by molar-refractivity contribution is -0.118. The van der Waals surface area contributed by atoms with Crippen molar-refractivity contribution in [3.8, 4) is 0 Å². The second-order valence-electron chi connectivity index (χ2n) is 3.39. The fourth-order valence-electron chi connectivity index (χ4n) is 1.69. The molecule has 1 aromatic rings. The van der Waals surface area contributed by atoms with Gasteiger partial charge >= 0.3 is 0 Å². The lowest BCUT2D eigenvalue weighted by Gasteiger charge is -2.15. The Balaban J connectivity index is 2.22. The lowest BCUT2D eigenvalue weighted by atomic mass is 9.89. The number of Topliss-reactive ketones (excluding diaryl/α,β-unsaturated/α-hetero) is 1. The first kappa shape index (κ1) is 8.24. The van der Waals surface area contributed by atoms with E-state index >= 15 is 0 Å². The van der Waals surface area contributed by atoms with Gasteiger partial charge in [-0.2, -0.15) is 0 Å². The lowest BCUT2D eigenvalue weighted by Crippen LogP contribution is -2.08. The Kier molecular flexibility index (Phi) is 2.26. The molecular weight excluding hydrogens is 160 g/mol. The molecule has 1 nitrogen and oxygen atoms in total. The summed E-state index contributed by atoms with van der Waals surface area (Å²) in [7, 11) is 0. The molecule has 13 heavy (non-hydrogen) atoms. The molecule has 0 radical (unpaired) electrons. The summed E-state index contributed by atoms with van der Waals surface area (Å²) in [6.45, 7) is 0. The van der Waals surface area contributed by atoms with Gasteiger partial charge in [0.05, 0.1) is 0 Å². The zero-order valence-corrected chi connectivity index (χ0v) is 7.44. The molecule has 1 heteroatoms. The number of allylic oxidation sites excluding steroid dienone is 2. The molecule has 0 amide bonds. The topological polar surface area (TPSA) is 17.1 Å². The van der Waals surface area contributed by atoms with Crippen LogP contribution in [-0.4, -0.2) is 5.78 Å². The molecule has 0 aliphatic heterocycles. The van der Waals surface area contributed by atoms with E-state index in [-0.39, 0.29) is 0 Å². The second-order valence-corrected chi connectivity index (χ2v) is 3.39. The van der Waals surface area contributed by atoms with Gasteiger partial charge in [-0.1, -0.05) is 42.5 Å². The summed E-state index contributed by atoms with van der Waals surface area (Å²) >= 11 is 0. The minimum absolute atomic E-state index is 0.308. The summed E-state index contributed by atoms with van der Waals surface area (Å²) in [5.74, 6) is 0.652. The van der Waals surface area contributed by atoms with Crippen LogP contribution in [0.25, 0.3) is 0 Å². The largest absolute Gasteiger partial charge is 0.299 e. The third-order valence-corrected chi connectivity index (χ3v) is 2.39. The maximum atomic E-state index is 11.2. The van der Waals surface area contributed by atoms with E-state index in [1.165, 1.54) is 5.56 Å². The van der Waals surface area contributed by atoms with Crippen LogP contribution in [0.15, 0.2) is 42.5 Å². The van der Waals surface area contributed by atoms with Gasteiger partial charge < -0.3 is 0 Å². The van der Waals surface area contributed by atoms with E-state index in [0.29, 0.717) is 24.5 Å². The normalized spacial score (nSPS) is 21.8. The molecular formula is C12H12O. The first-order valence-corrected chi connectivity index (χ1v) is 4.59. The van der Waals surface area contributed by atoms with Crippen LogP contribution in [-0.2, 0) is 4.79 Å². The van der Waals surface area contributed by atoms with Gasteiger partial charge in [0, 0.05) is 18.8 Å².